The number of anilines is 1. The Balaban J connectivity index is 2.35. The molecule has 0 radical (unpaired) electrons. The van der Waals surface area contributed by atoms with Crippen LogP contribution in [0, 0.1) is 26.2 Å². The highest BCUT2D eigenvalue weighted by molar-refractivity contribution is 7.92. The first kappa shape index (κ1) is 14.2. The van der Waals surface area contributed by atoms with Crippen molar-refractivity contribution in [1.82, 2.24) is 0 Å². The van der Waals surface area contributed by atoms with Gasteiger partial charge in [-0.3, -0.25) is 4.72 Å². The lowest BCUT2D eigenvalue weighted by Gasteiger charge is -2.10. The van der Waals surface area contributed by atoms with Gasteiger partial charge in [0, 0.05) is 5.56 Å². The number of benzene rings is 2. The minimum absolute atomic E-state index is 0.242. The van der Waals surface area contributed by atoms with Crippen LogP contribution in [0.2, 0.25) is 0 Å². The summed E-state index contributed by atoms with van der Waals surface area (Å²) < 4.78 is 27.1. The molecule has 0 fully saturated rings. The van der Waals surface area contributed by atoms with E-state index in [0.717, 1.165) is 11.1 Å². The van der Waals surface area contributed by atoms with Crippen molar-refractivity contribution in [3.63, 3.8) is 0 Å². The van der Waals surface area contributed by atoms with Crippen molar-refractivity contribution in [3.8, 4) is 12.3 Å². The lowest BCUT2D eigenvalue weighted by molar-refractivity contribution is 0.601. The number of terminal acetylenes is 1. The van der Waals surface area contributed by atoms with E-state index < -0.39 is 10.0 Å². The molecule has 1 N–H and O–H groups in total. The molecule has 3 nitrogen and oxygen atoms in total. The fourth-order valence-electron chi connectivity index (χ4n) is 1.77. The van der Waals surface area contributed by atoms with Crippen molar-refractivity contribution in [2.75, 3.05) is 4.72 Å². The standard InChI is InChI=1S/C16H15NO2S/c1-4-14-6-5-7-15(11-14)17-20(18,19)16-9-8-12(2)13(3)10-16/h1,5-11,17H,2-3H3. The topological polar surface area (TPSA) is 46.2 Å². The third-order valence-electron chi connectivity index (χ3n) is 3.07. The van der Waals surface area contributed by atoms with E-state index in [-0.39, 0.29) is 4.90 Å². The van der Waals surface area contributed by atoms with Crippen LogP contribution < -0.4 is 4.72 Å². The second-order valence-corrected chi connectivity index (χ2v) is 6.26. The fraction of sp³-hybridized carbons (Fsp3) is 0.125. The van der Waals surface area contributed by atoms with Gasteiger partial charge in [0.1, 0.15) is 0 Å². The monoisotopic (exact) mass is 285 g/mol. The number of sulfonamides is 1. The molecule has 2 rings (SSSR count). The van der Waals surface area contributed by atoms with Gasteiger partial charge in [-0.15, -0.1) is 6.42 Å². The van der Waals surface area contributed by atoms with Crippen LogP contribution in [0.15, 0.2) is 47.4 Å². The molecule has 2 aromatic carbocycles. The van der Waals surface area contributed by atoms with Crippen LogP contribution in [-0.2, 0) is 10.0 Å². The molecule has 0 aliphatic rings. The third-order valence-corrected chi connectivity index (χ3v) is 4.45. The Morgan fingerprint density at radius 3 is 2.45 bits per heavy atom. The van der Waals surface area contributed by atoms with E-state index in [0.29, 0.717) is 11.3 Å². The smallest absolute Gasteiger partial charge is 0.261 e. The molecular formula is C16H15NO2S. The first-order valence-electron chi connectivity index (χ1n) is 6.09. The Hall–Kier alpha value is -2.25. The normalized spacial score (nSPS) is 10.8. The van der Waals surface area contributed by atoms with Gasteiger partial charge in [-0.25, -0.2) is 8.42 Å². The molecule has 0 spiro atoms. The molecule has 0 saturated carbocycles. The summed E-state index contributed by atoms with van der Waals surface area (Å²) in [6.07, 6.45) is 5.30. The number of hydrogen-bond donors (Lipinski definition) is 1. The molecule has 0 bridgehead atoms. The van der Waals surface area contributed by atoms with Crippen molar-refractivity contribution < 1.29 is 8.42 Å². The Kier molecular flexibility index (Phi) is 3.82. The molecule has 0 aliphatic carbocycles. The van der Waals surface area contributed by atoms with E-state index in [9.17, 15) is 8.42 Å². The highest BCUT2D eigenvalue weighted by atomic mass is 32.2. The lowest BCUT2D eigenvalue weighted by atomic mass is 10.1. The predicted octanol–water partition coefficient (Wildman–Crippen LogP) is 3.09. The van der Waals surface area contributed by atoms with Crippen LogP contribution in [-0.4, -0.2) is 8.42 Å². The van der Waals surface area contributed by atoms with Crippen LogP contribution in [0.25, 0.3) is 0 Å². The summed E-state index contributed by atoms with van der Waals surface area (Å²) in [5, 5.41) is 0. The van der Waals surface area contributed by atoms with Crippen molar-refractivity contribution in [2.24, 2.45) is 0 Å². The zero-order chi connectivity index (χ0) is 14.8. The molecule has 4 heteroatoms. The van der Waals surface area contributed by atoms with Crippen molar-refractivity contribution in [2.45, 2.75) is 18.7 Å². The summed E-state index contributed by atoms with van der Waals surface area (Å²) in [5.74, 6) is 2.47. The average molecular weight is 285 g/mol. The van der Waals surface area contributed by atoms with Crippen molar-refractivity contribution in [1.29, 1.82) is 0 Å². The van der Waals surface area contributed by atoms with E-state index in [1.807, 2.05) is 13.8 Å². The summed E-state index contributed by atoms with van der Waals surface area (Å²) in [6.45, 7) is 3.82. The van der Waals surface area contributed by atoms with Crippen LogP contribution in [0.4, 0.5) is 5.69 Å². The van der Waals surface area contributed by atoms with E-state index in [1.54, 1.807) is 42.5 Å². The summed E-state index contributed by atoms with van der Waals surface area (Å²) in [4.78, 5) is 0.242. The Labute approximate surface area is 119 Å². The average Bonchev–Trinajstić information content (AvgIpc) is 2.41. The van der Waals surface area contributed by atoms with Crippen LogP contribution in [0.5, 0.6) is 0 Å². The number of hydrogen-bond acceptors (Lipinski definition) is 2. The van der Waals surface area contributed by atoms with Crippen molar-refractivity contribution in [3.05, 3.63) is 59.2 Å². The lowest BCUT2D eigenvalue weighted by Crippen LogP contribution is -2.13. The van der Waals surface area contributed by atoms with Gasteiger partial charge < -0.3 is 0 Å². The fourth-order valence-corrected chi connectivity index (χ4v) is 2.90. The van der Waals surface area contributed by atoms with Gasteiger partial charge in [-0.2, -0.15) is 0 Å². The van der Waals surface area contributed by atoms with E-state index in [1.165, 1.54) is 0 Å². The quantitative estimate of drug-likeness (QED) is 0.881. The summed E-state index contributed by atoms with van der Waals surface area (Å²) in [5.41, 5.74) is 3.08. The van der Waals surface area contributed by atoms with Crippen LogP contribution in [0.3, 0.4) is 0 Å². The molecule has 0 heterocycles. The summed E-state index contributed by atoms with van der Waals surface area (Å²) >= 11 is 0. The minimum Gasteiger partial charge on any atom is -0.280 e. The molecule has 0 amide bonds. The molecule has 0 atom stereocenters. The second kappa shape index (κ2) is 5.40. The van der Waals surface area contributed by atoms with E-state index in [4.69, 9.17) is 6.42 Å². The summed E-state index contributed by atoms with van der Waals surface area (Å²) in [7, 11) is -3.60. The maximum absolute atomic E-state index is 12.3. The molecule has 102 valence electrons. The van der Waals surface area contributed by atoms with Gasteiger partial charge in [0.2, 0.25) is 0 Å². The van der Waals surface area contributed by atoms with Crippen molar-refractivity contribution >= 4 is 15.7 Å². The van der Waals surface area contributed by atoms with Gasteiger partial charge in [-0.05, 0) is 55.3 Å². The molecular weight excluding hydrogens is 270 g/mol. The second-order valence-electron chi connectivity index (χ2n) is 4.58. The first-order chi connectivity index (χ1) is 9.42. The molecule has 0 aliphatic heterocycles. The van der Waals surface area contributed by atoms with E-state index >= 15 is 0 Å². The zero-order valence-electron chi connectivity index (χ0n) is 11.3. The van der Waals surface area contributed by atoms with Crippen LogP contribution in [0.1, 0.15) is 16.7 Å². The maximum atomic E-state index is 12.3. The Bertz CT molecular complexity index is 786. The first-order valence-corrected chi connectivity index (χ1v) is 7.57. The SMILES string of the molecule is C#Cc1cccc(NS(=O)(=O)c2ccc(C)c(C)c2)c1. The third kappa shape index (κ3) is 3.01. The van der Waals surface area contributed by atoms with Gasteiger partial charge in [0.15, 0.2) is 0 Å². The van der Waals surface area contributed by atoms with Gasteiger partial charge >= 0.3 is 0 Å². The Morgan fingerprint density at radius 1 is 1.05 bits per heavy atom. The maximum Gasteiger partial charge on any atom is 0.261 e. The number of aryl methyl sites for hydroxylation is 2. The van der Waals surface area contributed by atoms with Gasteiger partial charge in [0.25, 0.3) is 10.0 Å². The molecule has 0 unspecified atom stereocenters. The molecule has 20 heavy (non-hydrogen) atoms. The van der Waals surface area contributed by atoms with Crippen LogP contribution >= 0.6 is 0 Å². The zero-order valence-corrected chi connectivity index (χ0v) is 12.2. The molecule has 2 aromatic rings. The Morgan fingerprint density at radius 2 is 1.80 bits per heavy atom. The molecule has 0 aromatic heterocycles. The number of rotatable bonds is 3. The predicted molar refractivity (Wildman–Crippen MR) is 81.1 cm³/mol. The van der Waals surface area contributed by atoms with Gasteiger partial charge in [0.05, 0.1) is 10.6 Å². The minimum atomic E-state index is -3.60. The van der Waals surface area contributed by atoms with E-state index in [2.05, 4.69) is 10.6 Å². The molecule has 0 saturated heterocycles. The largest absolute Gasteiger partial charge is 0.280 e. The number of nitrogens with one attached hydrogen (secondary N) is 1. The summed E-state index contributed by atoms with van der Waals surface area (Å²) in [6, 6.07) is 11.8. The highest BCUT2D eigenvalue weighted by Gasteiger charge is 2.14. The van der Waals surface area contributed by atoms with Gasteiger partial charge in [-0.1, -0.05) is 18.1 Å². The highest BCUT2D eigenvalue weighted by Crippen LogP contribution is 2.19.